The highest BCUT2D eigenvalue weighted by molar-refractivity contribution is 7.98. The number of hydrogen-bond acceptors (Lipinski definition) is 6. The second-order valence-corrected chi connectivity index (χ2v) is 9.58. The zero-order chi connectivity index (χ0) is 22.7. The van der Waals surface area contributed by atoms with Gasteiger partial charge < -0.3 is 15.1 Å². The van der Waals surface area contributed by atoms with Crippen molar-refractivity contribution < 1.29 is 9.21 Å². The zero-order valence-corrected chi connectivity index (χ0v) is 20.1. The average Bonchev–Trinajstić information content (AvgIpc) is 3.42. The number of furan rings is 1. The Labute approximate surface area is 196 Å². The molecular formula is C25H25N3O2S2. The summed E-state index contributed by atoms with van der Waals surface area (Å²) >= 11 is 3.28. The Morgan fingerprint density at radius 3 is 2.50 bits per heavy atom. The molecule has 4 rings (SSSR count). The lowest BCUT2D eigenvalue weighted by Crippen LogP contribution is -2.18. The first-order valence-electron chi connectivity index (χ1n) is 10.2. The Hall–Kier alpha value is -3.03. The number of nitrogens with one attached hydrogen (secondary N) is 2. The summed E-state index contributed by atoms with van der Waals surface area (Å²) in [6.45, 7) is 6.14. The molecule has 32 heavy (non-hydrogen) atoms. The predicted octanol–water partition coefficient (Wildman–Crippen LogP) is 6.84. The second kappa shape index (κ2) is 9.63. The molecule has 0 saturated carbocycles. The molecule has 0 aliphatic heterocycles. The molecule has 0 fully saturated rings. The third-order valence-corrected chi connectivity index (χ3v) is 7.20. The number of anilines is 2. The van der Waals surface area contributed by atoms with Crippen molar-refractivity contribution in [3.8, 4) is 0 Å². The molecule has 4 aromatic rings. The molecule has 7 heteroatoms. The number of rotatable bonds is 7. The van der Waals surface area contributed by atoms with Crippen LogP contribution >= 0.6 is 23.1 Å². The molecule has 0 bridgehead atoms. The Kier molecular flexibility index (Phi) is 6.67. The van der Waals surface area contributed by atoms with Gasteiger partial charge in [0.05, 0.1) is 12.3 Å². The lowest BCUT2D eigenvalue weighted by atomic mass is 9.96. The van der Waals surface area contributed by atoms with E-state index in [1.807, 2.05) is 25.1 Å². The van der Waals surface area contributed by atoms with Crippen molar-refractivity contribution in [1.29, 1.82) is 0 Å². The van der Waals surface area contributed by atoms with Crippen molar-refractivity contribution in [2.45, 2.75) is 31.7 Å². The van der Waals surface area contributed by atoms with Crippen LogP contribution in [-0.4, -0.2) is 17.1 Å². The molecule has 0 aliphatic carbocycles. The van der Waals surface area contributed by atoms with Crippen LogP contribution in [0.15, 0.2) is 70.2 Å². The maximum Gasteiger partial charge on any atom is 0.291 e. The van der Waals surface area contributed by atoms with Crippen molar-refractivity contribution in [2.24, 2.45) is 0 Å². The standard InChI is InChI=1S/C25H25N3O2S2/c1-15-7-5-9-21(26-15)27-23(18-10-12-19(31-4)13-11-18)22-16(2)17(3)32-25(22)28-24(29)20-8-6-14-30-20/h5-14,23H,1-4H3,(H,26,27)(H,28,29)/t23-/m1/s1. The Morgan fingerprint density at radius 2 is 1.84 bits per heavy atom. The maximum absolute atomic E-state index is 12.8. The number of carbonyl (C=O) groups is 1. The quantitative estimate of drug-likeness (QED) is 0.294. The highest BCUT2D eigenvalue weighted by Crippen LogP contribution is 2.41. The van der Waals surface area contributed by atoms with Crippen LogP contribution in [0.5, 0.6) is 0 Å². The largest absolute Gasteiger partial charge is 0.459 e. The van der Waals surface area contributed by atoms with Gasteiger partial charge in [0.1, 0.15) is 10.8 Å². The van der Waals surface area contributed by atoms with Gasteiger partial charge in [-0.15, -0.1) is 23.1 Å². The Balaban J connectivity index is 1.78. The van der Waals surface area contributed by atoms with Crippen molar-refractivity contribution >= 4 is 39.8 Å². The summed E-state index contributed by atoms with van der Waals surface area (Å²) < 4.78 is 5.29. The van der Waals surface area contributed by atoms with Crippen LogP contribution in [0.2, 0.25) is 0 Å². The fraction of sp³-hybridized carbons (Fsp3) is 0.200. The molecule has 1 atom stereocenters. The number of amides is 1. The minimum atomic E-state index is -0.261. The van der Waals surface area contributed by atoms with Crippen LogP contribution in [0.4, 0.5) is 10.8 Å². The van der Waals surface area contributed by atoms with Crippen LogP contribution in [0.3, 0.4) is 0 Å². The Bertz CT molecular complexity index is 1210. The summed E-state index contributed by atoms with van der Waals surface area (Å²) in [5.74, 6) is 0.812. The SMILES string of the molecule is CSc1ccc([C@@H](Nc2cccc(C)n2)c2c(NC(=O)c3ccco3)sc(C)c2C)cc1. The summed E-state index contributed by atoms with van der Waals surface area (Å²) in [5.41, 5.74) is 4.22. The highest BCUT2D eigenvalue weighted by Gasteiger charge is 2.25. The van der Waals surface area contributed by atoms with E-state index < -0.39 is 0 Å². The lowest BCUT2D eigenvalue weighted by molar-refractivity contribution is 0.0997. The third-order valence-electron chi connectivity index (χ3n) is 5.32. The first-order valence-corrected chi connectivity index (χ1v) is 12.3. The van der Waals surface area contributed by atoms with Crippen molar-refractivity contribution in [3.63, 3.8) is 0 Å². The number of aromatic nitrogens is 1. The summed E-state index contributed by atoms with van der Waals surface area (Å²) in [6.07, 6.45) is 3.57. The minimum Gasteiger partial charge on any atom is -0.459 e. The molecular weight excluding hydrogens is 438 g/mol. The highest BCUT2D eigenvalue weighted by atomic mass is 32.2. The first-order chi connectivity index (χ1) is 15.5. The molecule has 0 unspecified atom stereocenters. The van der Waals surface area contributed by atoms with Gasteiger partial charge in [-0.05, 0) is 74.6 Å². The van der Waals surface area contributed by atoms with Gasteiger partial charge in [0.15, 0.2) is 5.76 Å². The number of thioether (sulfide) groups is 1. The summed E-state index contributed by atoms with van der Waals surface area (Å²) in [5, 5.41) is 7.48. The van der Waals surface area contributed by atoms with Gasteiger partial charge >= 0.3 is 0 Å². The van der Waals surface area contributed by atoms with Crippen LogP contribution < -0.4 is 10.6 Å². The zero-order valence-electron chi connectivity index (χ0n) is 18.4. The summed E-state index contributed by atoms with van der Waals surface area (Å²) in [4.78, 5) is 19.8. The molecule has 164 valence electrons. The fourth-order valence-corrected chi connectivity index (χ4v) is 5.05. The number of thiophene rings is 1. The van der Waals surface area contributed by atoms with E-state index in [9.17, 15) is 4.79 Å². The van der Waals surface area contributed by atoms with E-state index in [2.05, 4.69) is 60.0 Å². The van der Waals surface area contributed by atoms with E-state index >= 15 is 0 Å². The topological polar surface area (TPSA) is 67.2 Å². The van der Waals surface area contributed by atoms with Gasteiger partial charge in [-0.25, -0.2) is 4.98 Å². The van der Waals surface area contributed by atoms with Gasteiger partial charge in [0.2, 0.25) is 0 Å². The normalized spacial score (nSPS) is 11.9. The van der Waals surface area contributed by atoms with E-state index in [0.29, 0.717) is 0 Å². The molecule has 5 nitrogen and oxygen atoms in total. The molecule has 1 amide bonds. The van der Waals surface area contributed by atoms with Gasteiger partial charge in [-0.3, -0.25) is 4.79 Å². The van der Waals surface area contributed by atoms with E-state index in [0.717, 1.165) is 38.1 Å². The molecule has 0 spiro atoms. The number of hydrogen-bond donors (Lipinski definition) is 2. The Morgan fingerprint density at radius 1 is 1.06 bits per heavy atom. The number of nitrogens with zero attached hydrogens (tertiary/aromatic N) is 1. The van der Waals surface area contributed by atoms with E-state index in [-0.39, 0.29) is 17.7 Å². The molecule has 3 heterocycles. The average molecular weight is 464 g/mol. The molecule has 2 N–H and O–H groups in total. The number of carbonyl (C=O) groups excluding carboxylic acids is 1. The van der Waals surface area contributed by atoms with Gasteiger partial charge in [0, 0.05) is 21.0 Å². The lowest BCUT2D eigenvalue weighted by Gasteiger charge is -2.23. The van der Waals surface area contributed by atoms with Crippen LogP contribution in [-0.2, 0) is 0 Å². The van der Waals surface area contributed by atoms with Gasteiger partial charge in [0.25, 0.3) is 5.91 Å². The van der Waals surface area contributed by atoms with Crippen LogP contribution in [0, 0.1) is 20.8 Å². The number of pyridine rings is 1. The second-order valence-electron chi connectivity index (χ2n) is 7.47. The monoisotopic (exact) mass is 463 g/mol. The van der Waals surface area contributed by atoms with E-state index in [1.165, 1.54) is 11.2 Å². The number of benzene rings is 1. The molecule has 0 aliphatic rings. The van der Waals surface area contributed by atoms with E-state index in [1.54, 1.807) is 35.2 Å². The summed E-state index contributed by atoms with van der Waals surface area (Å²) in [7, 11) is 0. The molecule has 1 aromatic carbocycles. The molecule has 0 saturated heterocycles. The fourth-order valence-electron chi connectivity index (χ4n) is 3.55. The van der Waals surface area contributed by atoms with Gasteiger partial charge in [-0.1, -0.05) is 18.2 Å². The van der Waals surface area contributed by atoms with E-state index in [4.69, 9.17) is 4.42 Å². The third kappa shape index (κ3) is 4.74. The first kappa shape index (κ1) is 22.2. The molecule has 0 radical (unpaired) electrons. The van der Waals surface area contributed by atoms with Gasteiger partial charge in [-0.2, -0.15) is 0 Å². The van der Waals surface area contributed by atoms with Crippen molar-refractivity contribution in [2.75, 3.05) is 16.9 Å². The smallest absolute Gasteiger partial charge is 0.291 e. The maximum atomic E-state index is 12.8. The summed E-state index contributed by atoms with van der Waals surface area (Å²) in [6, 6.07) is 17.6. The molecule has 3 aromatic heterocycles. The minimum absolute atomic E-state index is 0.183. The van der Waals surface area contributed by atoms with Crippen LogP contribution in [0.25, 0.3) is 0 Å². The number of aryl methyl sites for hydroxylation is 2. The predicted molar refractivity (Wildman–Crippen MR) is 133 cm³/mol. The van der Waals surface area contributed by atoms with Crippen molar-refractivity contribution in [1.82, 2.24) is 4.98 Å². The van der Waals surface area contributed by atoms with Crippen LogP contribution in [0.1, 0.15) is 43.9 Å². The van der Waals surface area contributed by atoms with Crippen molar-refractivity contribution in [3.05, 3.63) is 93.9 Å².